The smallest absolute Gasteiger partial charge is 0.169 e. The zero-order chi connectivity index (χ0) is 37.6. The zero-order valence-electron chi connectivity index (χ0n) is 33.1. The molecule has 0 spiro atoms. The molecule has 0 bridgehead atoms. The standard InChI is InChI=1S/C36H37N3.5C2H6/c1-6-8-10-11-17-28(5)30-19-14-22-33(25-30)36-38-34(31-20-12-15-26(3)23-31)37-35(39-36)32-21-13-18-29(24-32)27(4)16-9-7-2;5*1-2/h7-25,28,35H,2,4,6H2,1,3,5H3,(H,37,38,39);5*1-2H3/b10-8-,16-9-,17-11-;;;;;. The summed E-state index contributed by atoms with van der Waals surface area (Å²) in [6, 6.07) is 25.3. The molecule has 3 nitrogen and oxygen atoms in total. The highest BCUT2D eigenvalue weighted by atomic mass is 15.2. The highest BCUT2D eigenvalue weighted by Crippen LogP contribution is 2.28. The van der Waals surface area contributed by atoms with Gasteiger partial charge in [0.15, 0.2) is 6.17 Å². The molecule has 4 rings (SSSR count). The van der Waals surface area contributed by atoms with E-state index in [9.17, 15) is 0 Å². The monoisotopic (exact) mass is 662 g/mol. The molecule has 1 heterocycles. The molecule has 3 aromatic rings. The summed E-state index contributed by atoms with van der Waals surface area (Å²) in [7, 11) is 0. The Morgan fingerprint density at radius 2 is 1.33 bits per heavy atom. The second-order valence-electron chi connectivity index (χ2n) is 9.70. The predicted molar refractivity (Wildman–Crippen MR) is 225 cm³/mol. The van der Waals surface area contributed by atoms with Crippen molar-refractivity contribution < 1.29 is 0 Å². The fourth-order valence-corrected chi connectivity index (χ4v) is 4.39. The molecule has 2 unspecified atom stereocenters. The molecule has 49 heavy (non-hydrogen) atoms. The Morgan fingerprint density at radius 3 is 1.90 bits per heavy atom. The number of aryl methyl sites for hydroxylation is 1. The maximum atomic E-state index is 5.10. The van der Waals surface area contributed by atoms with Crippen molar-refractivity contribution >= 4 is 17.2 Å². The van der Waals surface area contributed by atoms with E-state index in [0.29, 0.717) is 0 Å². The molecule has 0 fully saturated rings. The molecule has 3 aromatic carbocycles. The van der Waals surface area contributed by atoms with Crippen LogP contribution in [0, 0.1) is 6.92 Å². The second-order valence-corrected chi connectivity index (χ2v) is 9.70. The van der Waals surface area contributed by atoms with Gasteiger partial charge in [0, 0.05) is 11.1 Å². The van der Waals surface area contributed by atoms with Gasteiger partial charge < -0.3 is 5.32 Å². The number of hydrogen-bond acceptors (Lipinski definition) is 3. The van der Waals surface area contributed by atoms with Crippen molar-refractivity contribution in [1.29, 1.82) is 0 Å². The molecule has 0 saturated heterocycles. The first-order valence-corrected chi connectivity index (χ1v) is 18.5. The Bertz CT molecular complexity index is 1480. The summed E-state index contributed by atoms with van der Waals surface area (Å²) in [5, 5.41) is 3.54. The number of hydrogen-bond donors (Lipinski definition) is 1. The third-order valence-corrected chi connectivity index (χ3v) is 6.59. The summed E-state index contributed by atoms with van der Waals surface area (Å²) in [5.41, 5.74) is 7.47. The van der Waals surface area contributed by atoms with Crippen LogP contribution < -0.4 is 5.32 Å². The van der Waals surface area contributed by atoms with E-state index in [-0.39, 0.29) is 12.1 Å². The zero-order valence-corrected chi connectivity index (χ0v) is 33.1. The van der Waals surface area contributed by atoms with Crippen molar-refractivity contribution in [3.63, 3.8) is 0 Å². The molecule has 1 aliphatic heterocycles. The van der Waals surface area contributed by atoms with Gasteiger partial charge in [-0.1, -0.05) is 199 Å². The fourth-order valence-electron chi connectivity index (χ4n) is 4.39. The number of nitrogens with one attached hydrogen (secondary N) is 1. The van der Waals surface area contributed by atoms with E-state index in [1.54, 1.807) is 6.08 Å². The number of aliphatic imine (C=N–C) groups is 2. The van der Waals surface area contributed by atoms with E-state index in [4.69, 9.17) is 9.98 Å². The molecule has 1 aliphatic rings. The van der Waals surface area contributed by atoms with Crippen molar-refractivity contribution in [2.75, 3.05) is 0 Å². The van der Waals surface area contributed by atoms with Crippen LogP contribution >= 0.6 is 0 Å². The second kappa shape index (κ2) is 29.6. The topological polar surface area (TPSA) is 36.8 Å². The predicted octanol–water partition coefficient (Wildman–Crippen LogP) is 14.0. The van der Waals surface area contributed by atoms with Gasteiger partial charge in [0.2, 0.25) is 0 Å². The molecule has 3 heteroatoms. The third-order valence-electron chi connectivity index (χ3n) is 6.59. The van der Waals surface area contributed by atoms with Gasteiger partial charge in [0.1, 0.15) is 11.7 Å². The van der Waals surface area contributed by atoms with Crippen molar-refractivity contribution in [3.8, 4) is 0 Å². The molecule has 0 saturated carbocycles. The Hall–Kier alpha value is -4.50. The van der Waals surface area contributed by atoms with Crippen molar-refractivity contribution in [1.82, 2.24) is 5.32 Å². The lowest BCUT2D eigenvalue weighted by molar-refractivity contribution is 0.755. The molecule has 0 aliphatic carbocycles. The van der Waals surface area contributed by atoms with Crippen molar-refractivity contribution in [2.45, 2.75) is 109 Å². The van der Waals surface area contributed by atoms with E-state index in [1.165, 1.54) is 11.1 Å². The summed E-state index contributed by atoms with van der Waals surface area (Å²) in [4.78, 5) is 10.1. The summed E-state index contributed by atoms with van der Waals surface area (Å²) >= 11 is 0. The molecular weight excluding hydrogens is 595 g/mol. The lowest BCUT2D eigenvalue weighted by Gasteiger charge is -2.23. The summed E-state index contributed by atoms with van der Waals surface area (Å²) < 4.78 is 0. The van der Waals surface area contributed by atoms with Crippen LogP contribution in [0.1, 0.15) is 135 Å². The van der Waals surface area contributed by atoms with Crippen LogP contribution in [-0.2, 0) is 0 Å². The van der Waals surface area contributed by atoms with Crippen LogP contribution in [-0.4, -0.2) is 11.7 Å². The van der Waals surface area contributed by atoms with Crippen LogP contribution in [0.5, 0.6) is 0 Å². The van der Waals surface area contributed by atoms with E-state index in [0.717, 1.165) is 45.9 Å². The van der Waals surface area contributed by atoms with Crippen molar-refractivity contribution in [2.24, 2.45) is 9.98 Å². The first-order valence-electron chi connectivity index (χ1n) is 18.5. The van der Waals surface area contributed by atoms with E-state index < -0.39 is 0 Å². The summed E-state index contributed by atoms with van der Waals surface area (Å²) in [5.74, 6) is 1.90. The first kappa shape index (κ1) is 46.6. The van der Waals surface area contributed by atoms with Gasteiger partial charge in [-0.3, -0.25) is 0 Å². The molecular formula is C46H67N3. The van der Waals surface area contributed by atoms with Crippen LogP contribution in [0.25, 0.3) is 5.57 Å². The average Bonchev–Trinajstić information content (AvgIpc) is 3.19. The quantitative estimate of drug-likeness (QED) is 0.216. The van der Waals surface area contributed by atoms with E-state index in [1.807, 2.05) is 87.5 Å². The summed E-state index contributed by atoms with van der Waals surface area (Å²) in [6.07, 6.45) is 14.9. The Balaban J connectivity index is 0. The maximum Gasteiger partial charge on any atom is 0.169 e. The lowest BCUT2D eigenvalue weighted by Crippen LogP contribution is -2.36. The fraction of sp³-hybridized carbons (Fsp3) is 0.348. The van der Waals surface area contributed by atoms with Crippen LogP contribution in [0.4, 0.5) is 0 Å². The van der Waals surface area contributed by atoms with Gasteiger partial charge in [-0.2, -0.15) is 0 Å². The van der Waals surface area contributed by atoms with Crippen LogP contribution in [0.15, 0.2) is 138 Å². The van der Waals surface area contributed by atoms with Crippen LogP contribution in [0.2, 0.25) is 0 Å². The largest absolute Gasteiger partial charge is 0.324 e. The molecule has 0 radical (unpaired) electrons. The molecule has 0 aromatic heterocycles. The van der Waals surface area contributed by atoms with Gasteiger partial charge in [0.25, 0.3) is 0 Å². The number of nitrogens with zero attached hydrogens (tertiary/aromatic N) is 2. The number of benzene rings is 3. The minimum atomic E-state index is -0.381. The Morgan fingerprint density at radius 1 is 0.755 bits per heavy atom. The highest BCUT2D eigenvalue weighted by molar-refractivity contribution is 6.16. The van der Waals surface area contributed by atoms with Gasteiger partial charge in [0.05, 0.1) is 0 Å². The van der Waals surface area contributed by atoms with Gasteiger partial charge in [-0.25, -0.2) is 9.98 Å². The van der Waals surface area contributed by atoms with Crippen molar-refractivity contribution in [3.05, 3.63) is 162 Å². The third kappa shape index (κ3) is 16.4. The SMILES string of the molecule is C=C/C=C\C(=C)c1cccc(C2N=C(c3cccc(C)c3)NC(c3cccc(C(C)/C=C\C=C/CC)c3)=N2)c1.CC.CC.CC.CC.CC. The Labute approximate surface area is 302 Å². The van der Waals surface area contributed by atoms with E-state index in [2.05, 4.69) is 130 Å². The van der Waals surface area contributed by atoms with Crippen LogP contribution in [0.3, 0.4) is 0 Å². The maximum absolute atomic E-state index is 5.10. The normalized spacial score (nSPS) is 13.5. The Kier molecular flexibility index (Phi) is 28.2. The molecule has 2 atom stereocenters. The number of amidine groups is 2. The molecule has 1 N–H and O–H groups in total. The average molecular weight is 662 g/mol. The highest BCUT2D eigenvalue weighted by Gasteiger charge is 2.21. The van der Waals surface area contributed by atoms with Gasteiger partial charge in [-0.15, -0.1) is 0 Å². The molecule has 0 amide bonds. The minimum absolute atomic E-state index is 0.280. The number of rotatable bonds is 10. The minimum Gasteiger partial charge on any atom is -0.324 e. The first-order chi connectivity index (χ1) is 24.0. The summed E-state index contributed by atoms with van der Waals surface area (Å²) in [6.45, 7) is 34.4. The lowest BCUT2D eigenvalue weighted by atomic mass is 9.97. The molecule has 266 valence electrons. The van der Waals surface area contributed by atoms with Gasteiger partial charge >= 0.3 is 0 Å². The number of allylic oxidation sites excluding steroid dienone is 8. The van der Waals surface area contributed by atoms with E-state index >= 15 is 0 Å². The van der Waals surface area contributed by atoms with Gasteiger partial charge in [-0.05, 0) is 59.7 Å².